The third-order valence-corrected chi connectivity index (χ3v) is 6.62. The largest absolute Gasteiger partial charge is 0.471 e. The Bertz CT molecular complexity index is 974. The van der Waals surface area contributed by atoms with Crippen LogP contribution in [0.2, 0.25) is 0 Å². The first-order chi connectivity index (χ1) is 15.7. The molecule has 10 heteroatoms. The maximum atomic E-state index is 12.8. The van der Waals surface area contributed by atoms with E-state index in [-0.39, 0.29) is 6.54 Å². The number of halogens is 3. The quantitative estimate of drug-likeness (QED) is 0.645. The standard InChI is InChI=1S/C23H30F3N5O2/c1-3-33-22(11-7-12-22)18-28-29-20(31(18)14-10-17-8-5-4-6-9-17)30-15-13-21(2,16-30)27-19(32)23(24,25)26/h4-6,8-9H,3,7,10-16H2,1-2H3,(H,27,32). The Morgan fingerprint density at radius 1 is 1.18 bits per heavy atom. The normalized spacial score (nSPS) is 22.3. The van der Waals surface area contributed by atoms with Crippen molar-refractivity contribution in [2.75, 3.05) is 24.6 Å². The number of nitrogens with one attached hydrogen (secondary N) is 1. The summed E-state index contributed by atoms with van der Waals surface area (Å²) in [7, 11) is 0. The van der Waals surface area contributed by atoms with Gasteiger partial charge in [-0.05, 0) is 51.5 Å². The first-order valence-corrected chi connectivity index (χ1v) is 11.4. The Morgan fingerprint density at radius 3 is 2.52 bits per heavy atom. The molecule has 1 aliphatic heterocycles. The highest BCUT2D eigenvalue weighted by Gasteiger charge is 2.47. The van der Waals surface area contributed by atoms with Gasteiger partial charge in [0.25, 0.3) is 0 Å². The molecule has 2 fully saturated rings. The zero-order valence-electron chi connectivity index (χ0n) is 19.0. The summed E-state index contributed by atoms with van der Waals surface area (Å²) in [5.74, 6) is -0.533. The van der Waals surface area contributed by atoms with Crippen LogP contribution in [0.1, 0.15) is 50.9 Å². The molecular weight excluding hydrogens is 435 g/mol. The molecule has 2 aromatic rings. The molecule has 1 N–H and O–H groups in total. The minimum absolute atomic E-state index is 0.222. The van der Waals surface area contributed by atoms with Gasteiger partial charge >= 0.3 is 12.1 Å². The van der Waals surface area contributed by atoms with Crippen LogP contribution >= 0.6 is 0 Å². The van der Waals surface area contributed by atoms with Crippen LogP contribution in [0.4, 0.5) is 19.1 Å². The second-order valence-corrected chi connectivity index (χ2v) is 9.18. The highest BCUT2D eigenvalue weighted by atomic mass is 19.4. The number of carbonyl (C=O) groups excluding carboxylic acids is 1. The third kappa shape index (κ3) is 4.85. The number of ether oxygens (including phenoxy) is 1. The fourth-order valence-electron chi connectivity index (χ4n) is 4.74. The van der Waals surface area contributed by atoms with Crippen LogP contribution in [0.5, 0.6) is 0 Å². The average molecular weight is 466 g/mol. The molecule has 1 atom stereocenters. The fraction of sp³-hybridized carbons (Fsp3) is 0.609. The summed E-state index contributed by atoms with van der Waals surface area (Å²) in [5.41, 5.74) is -0.299. The van der Waals surface area contributed by atoms with Crippen LogP contribution in [0, 0.1) is 0 Å². The van der Waals surface area contributed by atoms with Crippen molar-refractivity contribution in [3.8, 4) is 0 Å². The van der Waals surface area contributed by atoms with Crippen molar-refractivity contribution < 1.29 is 22.7 Å². The predicted molar refractivity (Wildman–Crippen MR) is 117 cm³/mol. The second-order valence-electron chi connectivity index (χ2n) is 9.18. The number of nitrogens with zero attached hydrogens (tertiary/aromatic N) is 4. The monoisotopic (exact) mass is 465 g/mol. The number of carbonyl (C=O) groups is 1. The SMILES string of the molecule is CCOC1(c2nnc(N3CCC(C)(NC(=O)C(F)(F)F)C3)n2CCc2ccccc2)CCC1. The summed E-state index contributed by atoms with van der Waals surface area (Å²) in [6.07, 6.45) is -0.990. The zero-order valence-corrected chi connectivity index (χ0v) is 19.0. The Labute approximate surface area is 191 Å². The highest BCUT2D eigenvalue weighted by Crippen LogP contribution is 2.45. The van der Waals surface area contributed by atoms with Gasteiger partial charge in [-0.15, -0.1) is 10.2 Å². The van der Waals surface area contributed by atoms with E-state index in [1.54, 1.807) is 6.92 Å². The third-order valence-electron chi connectivity index (χ3n) is 6.62. The van der Waals surface area contributed by atoms with E-state index < -0.39 is 23.2 Å². The molecular formula is C23H30F3N5O2. The number of rotatable bonds is 8. The van der Waals surface area contributed by atoms with E-state index in [4.69, 9.17) is 4.74 Å². The molecule has 2 aliphatic rings. The van der Waals surface area contributed by atoms with E-state index in [2.05, 4.69) is 32.2 Å². The predicted octanol–water partition coefficient (Wildman–Crippen LogP) is 3.58. The summed E-state index contributed by atoms with van der Waals surface area (Å²) in [6.45, 7) is 5.47. The van der Waals surface area contributed by atoms with Crippen LogP contribution < -0.4 is 10.2 Å². The van der Waals surface area contributed by atoms with Crippen LogP contribution in [0.25, 0.3) is 0 Å². The number of hydrogen-bond acceptors (Lipinski definition) is 5. The Hall–Kier alpha value is -2.62. The minimum Gasteiger partial charge on any atom is -0.367 e. The maximum absolute atomic E-state index is 12.8. The molecule has 180 valence electrons. The lowest BCUT2D eigenvalue weighted by molar-refractivity contribution is -0.175. The van der Waals surface area contributed by atoms with E-state index in [9.17, 15) is 18.0 Å². The van der Waals surface area contributed by atoms with Gasteiger partial charge in [0.05, 0.1) is 5.54 Å². The topological polar surface area (TPSA) is 72.3 Å². The van der Waals surface area contributed by atoms with Gasteiger partial charge in [-0.1, -0.05) is 30.3 Å². The lowest BCUT2D eigenvalue weighted by Crippen LogP contribution is -2.52. The van der Waals surface area contributed by atoms with Crippen molar-refractivity contribution in [2.24, 2.45) is 0 Å². The van der Waals surface area contributed by atoms with Gasteiger partial charge in [-0.25, -0.2) is 0 Å². The molecule has 1 aromatic carbocycles. The van der Waals surface area contributed by atoms with Gasteiger partial charge in [0.1, 0.15) is 5.60 Å². The maximum Gasteiger partial charge on any atom is 0.471 e. The zero-order chi connectivity index (χ0) is 23.7. The molecule has 1 saturated carbocycles. The molecule has 0 bridgehead atoms. The summed E-state index contributed by atoms with van der Waals surface area (Å²) >= 11 is 0. The molecule has 0 spiro atoms. The van der Waals surface area contributed by atoms with Crippen LogP contribution in [0.15, 0.2) is 30.3 Å². The smallest absolute Gasteiger partial charge is 0.367 e. The van der Waals surface area contributed by atoms with E-state index in [0.29, 0.717) is 32.1 Å². The first kappa shape index (κ1) is 23.5. The molecule has 1 aromatic heterocycles. The molecule has 4 rings (SSSR count). The molecule has 1 saturated heterocycles. The van der Waals surface area contributed by atoms with Crippen LogP contribution in [0.3, 0.4) is 0 Å². The summed E-state index contributed by atoms with van der Waals surface area (Å²) in [6, 6.07) is 10.1. The fourth-order valence-corrected chi connectivity index (χ4v) is 4.74. The van der Waals surface area contributed by atoms with Crippen molar-refractivity contribution in [1.82, 2.24) is 20.1 Å². The number of aromatic nitrogens is 3. The number of anilines is 1. The average Bonchev–Trinajstić information content (AvgIpc) is 3.33. The van der Waals surface area contributed by atoms with Crippen LogP contribution in [-0.4, -0.2) is 52.1 Å². The van der Waals surface area contributed by atoms with Gasteiger partial charge in [-0.3, -0.25) is 9.36 Å². The van der Waals surface area contributed by atoms with Gasteiger partial charge in [-0.2, -0.15) is 13.2 Å². The first-order valence-electron chi connectivity index (χ1n) is 11.4. The van der Waals surface area contributed by atoms with Gasteiger partial charge in [0, 0.05) is 26.2 Å². The summed E-state index contributed by atoms with van der Waals surface area (Å²) < 4.78 is 46.6. The molecule has 1 unspecified atom stereocenters. The summed E-state index contributed by atoms with van der Waals surface area (Å²) in [4.78, 5) is 13.5. The number of benzene rings is 1. The van der Waals surface area contributed by atoms with Crippen molar-refractivity contribution >= 4 is 11.9 Å². The van der Waals surface area contributed by atoms with E-state index in [0.717, 1.165) is 31.5 Å². The summed E-state index contributed by atoms with van der Waals surface area (Å²) in [5, 5.41) is 11.1. The Kier molecular flexibility index (Phi) is 6.39. The van der Waals surface area contributed by atoms with Crippen molar-refractivity contribution in [3.63, 3.8) is 0 Å². The number of hydrogen-bond donors (Lipinski definition) is 1. The van der Waals surface area contributed by atoms with Gasteiger partial charge in [0.15, 0.2) is 5.82 Å². The Morgan fingerprint density at radius 2 is 1.91 bits per heavy atom. The Balaban J connectivity index is 1.59. The number of alkyl halides is 3. The van der Waals surface area contributed by atoms with Crippen molar-refractivity contribution in [3.05, 3.63) is 41.7 Å². The lowest BCUT2D eigenvalue weighted by Gasteiger charge is -2.40. The molecule has 2 heterocycles. The number of aryl methyl sites for hydroxylation is 1. The van der Waals surface area contributed by atoms with Crippen molar-refractivity contribution in [1.29, 1.82) is 0 Å². The van der Waals surface area contributed by atoms with Gasteiger partial charge in [0.2, 0.25) is 5.95 Å². The van der Waals surface area contributed by atoms with Crippen LogP contribution in [-0.2, 0) is 28.1 Å². The van der Waals surface area contributed by atoms with E-state index in [1.165, 1.54) is 5.56 Å². The van der Waals surface area contributed by atoms with E-state index >= 15 is 0 Å². The number of amides is 1. The molecule has 1 aliphatic carbocycles. The molecule has 33 heavy (non-hydrogen) atoms. The minimum atomic E-state index is -4.91. The molecule has 7 nitrogen and oxygen atoms in total. The lowest BCUT2D eigenvalue weighted by atomic mass is 9.79. The molecule has 1 amide bonds. The van der Waals surface area contributed by atoms with E-state index in [1.807, 2.05) is 30.0 Å². The molecule has 0 radical (unpaired) electrons. The second kappa shape index (κ2) is 8.96. The van der Waals surface area contributed by atoms with Crippen molar-refractivity contribution in [2.45, 2.75) is 69.8 Å². The highest BCUT2D eigenvalue weighted by molar-refractivity contribution is 5.82. The van der Waals surface area contributed by atoms with Gasteiger partial charge < -0.3 is 15.0 Å².